The molecule has 1 heterocycles. The fraction of sp³-hybridized carbons (Fsp3) is 0.0952. The summed E-state index contributed by atoms with van der Waals surface area (Å²) in [6, 6.07) is 19.7. The second-order valence-corrected chi connectivity index (χ2v) is 5.91. The number of pyridine rings is 1. The number of rotatable bonds is 5. The molecule has 130 valence electrons. The fourth-order valence-corrected chi connectivity index (χ4v) is 2.50. The third-order valence-corrected chi connectivity index (χ3v) is 3.82. The van der Waals surface area contributed by atoms with Gasteiger partial charge < -0.3 is 10.6 Å². The van der Waals surface area contributed by atoms with Crippen molar-refractivity contribution in [2.24, 2.45) is 0 Å². The summed E-state index contributed by atoms with van der Waals surface area (Å²) in [7, 11) is 0. The number of anilines is 1. The number of benzene rings is 2. The van der Waals surface area contributed by atoms with Crippen LogP contribution in [0.4, 0.5) is 5.69 Å². The SMILES string of the molecule is Cc1cccc(NC(=O)c2cccc(C(=O)NCc3ccccn3)c2)c1. The lowest BCUT2D eigenvalue weighted by atomic mass is 10.1. The van der Waals surface area contributed by atoms with Gasteiger partial charge in [0, 0.05) is 23.0 Å². The van der Waals surface area contributed by atoms with Crippen molar-refractivity contribution in [3.63, 3.8) is 0 Å². The first kappa shape index (κ1) is 17.4. The smallest absolute Gasteiger partial charge is 0.255 e. The molecule has 0 unspecified atom stereocenters. The van der Waals surface area contributed by atoms with Crippen LogP contribution in [0.15, 0.2) is 72.9 Å². The highest BCUT2D eigenvalue weighted by Crippen LogP contribution is 2.13. The summed E-state index contributed by atoms with van der Waals surface area (Å²) in [6.07, 6.45) is 1.68. The molecule has 1 aromatic heterocycles. The number of aryl methyl sites for hydroxylation is 1. The van der Waals surface area contributed by atoms with E-state index in [-0.39, 0.29) is 11.8 Å². The van der Waals surface area contributed by atoms with Crippen LogP contribution in [0.3, 0.4) is 0 Å². The Bertz CT molecular complexity index is 923. The van der Waals surface area contributed by atoms with Gasteiger partial charge in [0.15, 0.2) is 0 Å². The first-order valence-corrected chi connectivity index (χ1v) is 8.28. The molecule has 3 rings (SSSR count). The molecule has 0 atom stereocenters. The lowest BCUT2D eigenvalue weighted by Gasteiger charge is -2.08. The lowest BCUT2D eigenvalue weighted by Crippen LogP contribution is -2.23. The Morgan fingerprint density at radius 3 is 2.38 bits per heavy atom. The van der Waals surface area contributed by atoms with E-state index in [0.717, 1.165) is 16.9 Å². The molecule has 2 aromatic carbocycles. The zero-order chi connectivity index (χ0) is 18.4. The molecular formula is C21H19N3O2. The van der Waals surface area contributed by atoms with Crippen molar-refractivity contribution in [2.45, 2.75) is 13.5 Å². The topological polar surface area (TPSA) is 71.1 Å². The summed E-state index contributed by atoms with van der Waals surface area (Å²) in [5.74, 6) is -0.504. The maximum Gasteiger partial charge on any atom is 0.255 e. The molecule has 5 nitrogen and oxygen atoms in total. The number of nitrogens with one attached hydrogen (secondary N) is 2. The van der Waals surface area contributed by atoms with Gasteiger partial charge in [0.05, 0.1) is 12.2 Å². The average molecular weight is 345 g/mol. The summed E-state index contributed by atoms with van der Waals surface area (Å²) in [5, 5.41) is 5.65. The van der Waals surface area contributed by atoms with Crippen LogP contribution in [0.25, 0.3) is 0 Å². The number of carbonyl (C=O) groups is 2. The predicted octanol–water partition coefficient (Wildman–Crippen LogP) is 3.57. The third-order valence-electron chi connectivity index (χ3n) is 3.82. The molecule has 0 aliphatic rings. The summed E-state index contributed by atoms with van der Waals surface area (Å²) in [5.41, 5.74) is 3.41. The van der Waals surface area contributed by atoms with E-state index in [2.05, 4.69) is 15.6 Å². The van der Waals surface area contributed by atoms with Crippen LogP contribution in [0.5, 0.6) is 0 Å². The van der Waals surface area contributed by atoms with E-state index in [1.54, 1.807) is 30.5 Å². The zero-order valence-electron chi connectivity index (χ0n) is 14.4. The largest absolute Gasteiger partial charge is 0.346 e. The Morgan fingerprint density at radius 1 is 0.885 bits per heavy atom. The van der Waals surface area contributed by atoms with E-state index in [4.69, 9.17) is 0 Å². The molecule has 0 aliphatic carbocycles. The fourth-order valence-electron chi connectivity index (χ4n) is 2.50. The van der Waals surface area contributed by atoms with Crippen molar-refractivity contribution in [3.05, 3.63) is 95.3 Å². The molecule has 0 fully saturated rings. The van der Waals surface area contributed by atoms with Crippen LogP contribution < -0.4 is 10.6 Å². The lowest BCUT2D eigenvalue weighted by molar-refractivity contribution is 0.0950. The van der Waals surface area contributed by atoms with Crippen LogP contribution in [0.1, 0.15) is 32.0 Å². The van der Waals surface area contributed by atoms with E-state index >= 15 is 0 Å². The number of hydrogen-bond donors (Lipinski definition) is 2. The van der Waals surface area contributed by atoms with E-state index in [9.17, 15) is 9.59 Å². The molecule has 26 heavy (non-hydrogen) atoms. The molecule has 2 N–H and O–H groups in total. The van der Waals surface area contributed by atoms with Gasteiger partial charge in [-0.1, -0.05) is 24.3 Å². The Balaban J connectivity index is 1.67. The molecule has 0 bridgehead atoms. The van der Waals surface area contributed by atoms with Gasteiger partial charge in [-0.3, -0.25) is 14.6 Å². The number of hydrogen-bond acceptors (Lipinski definition) is 3. The second-order valence-electron chi connectivity index (χ2n) is 5.91. The summed E-state index contributed by atoms with van der Waals surface area (Å²) in [4.78, 5) is 28.9. The first-order valence-electron chi connectivity index (χ1n) is 8.28. The first-order chi connectivity index (χ1) is 12.6. The number of amides is 2. The second kappa shape index (κ2) is 8.07. The molecular weight excluding hydrogens is 326 g/mol. The van der Waals surface area contributed by atoms with Crippen LogP contribution in [0.2, 0.25) is 0 Å². The van der Waals surface area contributed by atoms with Crippen molar-refractivity contribution in [3.8, 4) is 0 Å². The zero-order valence-corrected chi connectivity index (χ0v) is 14.4. The molecule has 0 aliphatic heterocycles. The standard InChI is InChI=1S/C21H19N3O2/c1-15-6-4-10-18(12-15)24-21(26)17-8-5-7-16(13-17)20(25)23-14-19-9-2-3-11-22-19/h2-13H,14H2,1H3,(H,23,25)(H,24,26). The van der Waals surface area contributed by atoms with Crippen LogP contribution >= 0.6 is 0 Å². The monoisotopic (exact) mass is 345 g/mol. The molecule has 0 saturated carbocycles. The molecule has 0 saturated heterocycles. The predicted molar refractivity (Wildman–Crippen MR) is 101 cm³/mol. The highest BCUT2D eigenvalue weighted by Gasteiger charge is 2.11. The minimum absolute atomic E-state index is 0.249. The Kier molecular flexibility index (Phi) is 5.39. The number of nitrogens with zero attached hydrogens (tertiary/aromatic N) is 1. The van der Waals surface area contributed by atoms with Gasteiger partial charge in [-0.25, -0.2) is 0 Å². The number of carbonyl (C=O) groups excluding carboxylic acids is 2. The van der Waals surface area contributed by atoms with E-state index in [1.807, 2.05) is 49.4 Å². The highest BCUT2D eigenvalue weighted by molar-refractivity contribution is 6.06. The van der Waals surface area contributed by atoms with E-state index in [0.29, 0.717) is 17.7 Å². The normalized spacial score (nSPS) is 10.2. The van der Waals surface area contributed by atoms with Gasteiger partial charge in [0.2, 0.25) is 0 Å². The quantitative estimate of drug-likeness (QED) is 0.742. The molecule has 2 amide bonds. The maximum absolute atomic E-state index is 12.4. The van der Waals surface area contributed by atoms with Crippen LogP contribution in [-0.2, 0) is 6.54 Å². The molecule has 3 aromatic rings. The highest BCUT2D eigenvalue weighted by atomic mass is 16.2. The minimum Gasteiger partial charge on any atom is -0.346 e. The Hall–Kier alpha value is -3.47. The third kappa shape index (κ3) is 4.54. The summed E-state index contributed by atoms with van der Waals surface area (Å²) < 4.78 is 0. The average Bonchev–Trinajstić information content (AvgIpc) is 2.67. The minimum atomic E-state index is -0.255. The maximum atomic E-state index is 12.4. The number of aromatic nitrogens is 1. The Morgan fingerprint density at radius 2 is 1.65 bits per heavy atom. The van der Waals surface area contributed by atoms with Crippen molar-refractivity contribution < 1.29 is 9.59 Å². The van der Waals surface area contributed by atoms with Gasteiger partial charge in [0.25, 0.3) is 11.8 Å². The molecule has 0 radical (unpaired) electrons. The van der Waals surface area contributed by atoms with Gasteiger partial charge in [0.1, 0.15) is 0 Å². The molecule has 5 heteroatoms. The van der Waals surface area contributed by atoms with Crippen molar-refractivity contribution in [1.82, 2.24) is 10.3 Å². The molecule has 0 spiro atoms. The van der Waals surface area contributed by atoms with Crippen LogP contribution in [0, 0.1) is 6.92 Å². The van der Waals surface area contributed by atoms with Crippen molar-refractivity contribution in [2.75, 3.05) is 5.32 Å². The Labute approximate surface area is 152 Å². The summed E-state index contributed by atoms with van der Waals surface area (Å²) >= 11 is 0. The van der Waals surface area contributed by atoms with Crippen molar-refractivity contribution >= 4 is 17.5 Å². The van der Waals surface area contributed by atoms with Gasteiger partial charge >= 0.3 is 0 Å². The van der Waals surface area contributed by atoms with Crippen LogP contribution in [-0.4, -0.2) is 16.8 Å². The summed E-state index contributed by atoms with van der Waals surface area (Å²) in [6.45, 7) is 2.29. The van der Waals surface area contributed by atoms with Crippen molar-refractivity contribution in [1.29, 1.82) is 0 Å². The van der Waals surface area contributed by atoms with E-state index in [1.165, 1.54) is 0 Å². The van der Waals surface area contributed by atoms with Gasteiger partial charge in [-0.2, -0.15) is 0 Å². The van der Waals surface area contributed by atoms with E-state index < -0.39 is 0 Å². The van der Waals surface area contributed by atoms with Gasteiger partial charge in [-0.05, 0) is 55.0 Å². The van der Waals surface area contributed by atoms with Gasteiger partial charge in [-0.15, -0.1) is 0 Å².